The van der Waals surface area contributed by atoms with Crippen LogP contribution in [0.3, 0.4) is 0 Å². The van der Waals surface area contributed by atoms with Crippen molar-refractivity contribution in [2.45, 2.75) is 57.2 Å². The van der Waals surface area contributed by atoms with Gasteiger partial charge >= 0.3 is 6.09 Å². The average molecular weight is 363 g/mol. The topological polar surface area (TPSA) is 59.0 Å². The summed E-state index contributed by atoms with van der Waals surface area (Å²) in [5.41, 5.74) is -1.64. The first-order chi connectivity index (χ1) is 12.2. The number of carbonyl (C=O) groups excluding carboxylic acids is 1. The summed E-state index contributed by atoms with van der Waals surface area (Å²) in [5.74, 6) is 2.82. The number of hydrogen-bond acceptors (Lipinski definition) is 4. The molecule has 0 bridgehead atoms. The maximum Gasteiger partial charge on any atom is 0.411 e. The van der Waals surface area contributed by atoms with Crippen LogP contribution in [0.2, 0.25) is 0 Å². The average Bonchev–Trinajstić information content (AvgIpc) is 2.92. The maximum absolute atomic E-state index is 13.0. The van der Waals surface area contributed by atoms with E-state index in [9.17, 15) is 14.3 Å². The lowest BCUT2D eigenvalue weighted by Gasteiger charge is -2.38. The lowest BCUT2D eigenvalue weighted by atomic mass is 9.98. The van der Waals surface area contributed by atoms with Crippen molar-refractivity contribution in [3.8, 4) is 18.1 Å². The van der Waals surface area contributed by atoms with E-state index in [2.05, 4.69) is 5.92 Å². The van der Waals surface area contributed by atoms with Crippen LogP contribution in [0.15, 0.2) is 24.3 Å². The smallest absolute Gasteiger partial charge is 0.411 e. The number of hydrogen-bond donors (Lipinski definition) is 1. The Morgan fingerprint density at radius 2 is 2.08 bits per heavy atom. The molecular formula is C20H26FNO4. The van der Waals surface area contributed by atoms with Gasteiger partial charge in [0, 0.05) is 12.6 Å². The summed E-state index contributed by atoms with van der Waals surface area (Å²) in [7, 11) is 0. The van der Waals surface area contributed by atoms with E-state index in [4.69, 9.17) is 15.9 Å². The van der Waals surface area contributed by atoms with Crippen molar-refractivity contribution < 1.29 is 23.8 Å². The van der Waals surface area contributed by atoms with Crippen molar-refractivity contribution in [2.24, 2.45) is 0 Å². The van der Waals surface area contributed by atoms with Crippen molar-refractivity contribution in [2.75, 3.05) is 13.2 Å². The number of nitrogens with zero attached hydrogens (tertiary/aromatic N) is 1. The molecule has 142 valence electrons. The van der Waals surface area contributed by atoms with Crippen LogP contribution in [0.25, 0.3) is 0 Å². The van der Waals surface area contributed by atoms with Crippen LogP contribution in [0.5, 0.6) is 5.75 Å². The van der Waals surface area contributed by atoms with Gasteiger partial charge in [-0.1, -0.05) is 5.92 Å². The minimum atomic E-state index is -0.976. The Bertz CT molecular complexity index is 662. The highest BCUT2D eigenvalue weighted by Gasteiger charge is 2.50. The maximum atomic E-state index is 13.0. The molecule has 2 rings (SSSR count). The van der Waals surface area contributed by atoms with Gasteiger partial charge in [-0.3, -0.25) is 4.90 Å². The lowest BCUT2D eigenvalue weighted by molar-refractivity contribution is -0.00229. The molecule has 1 aromatic rings. The molecule has 1 aliphatic heterocycles. The Morgan fingerprint density at radius 1 is 1.42 bits per heavy atom. The minimum absolute atomic E-state index is 0.0521. The van der Waals surface area contributed by atoms with E-state index in [-0.39, 0.29) is 25.1 Å². The monoisotopic (exact) mass is 363 g/mol. The van der Waals surface area contributed by atoms with Crippen LogP contribution in [0.1, 0.15) is 40.0 Å². The van der Waals surface area contributed by atoms with Gasteiger partial charge in [-0.25, -0.2) is 9.18 Å². The van der Waals surface area contributed by atoms with Crippen molar-refractivity contribution in [3.05, 3.63) is 30.1 Å². The number of ether oxygens (including phenoxy) is 2. The molecule has 0 aliphatic carbocycles. The van der Waals surface area contributed by atoms with E-state index in [1.807, 2.05) is 0 Å². The largest absolute Gasteiger partial charge is 0.490 e. The van der Waals surface area contributed by atoms with Crippen molar-refractivity contribution in [3.63, 3.8) is 0 Å². The van der Waals surface area contributed by atoms with Gasteiger partial charge in [0.15, 0.2) is 0 Å². The number of rotatable bonds is 5. The predicted octanol–water partition coefficient (Wildman–Crippen LogP) is 3.36. The lowest BCUT2D eigenvalue weighted by Crippen LogP contribution is -2.54. The van der Waals surface area contributed by atoms with Crippen molar-refractivity contribution >= 4 is 6.09 Å². The second-order valence-electron chi connectivity index (χ2n) is 7.47. The molecular weight excluding hydrogens is 337 g/mol. The minimum Gasteiger partial charge on any atom is -0.490 e. The fourth-order valence-corrected chi connectivity index (χ4v) is 3.12. The summed E-state index contributed by atoms with van der Waals surface area (Å²) < 4.78 is 24.3. The van der Waals surface area contributed by atoms with E-state index in [1.54, 1.807) is 20.8 Å². The van der Waals surface area contributed by atoms with Gasteiger partial charge < -0.3 is 14.6 Å². The molecule has 0 aromatic heterocycles. The van der Waals surface area contributed by atoms with Crippen molar-refractivity contribution in [1.82, 2.24) is 4.90 Å². The number of halogens is 1. The second-order valence-corrected chi connectivity index (χ2v) is 7.47. The Balaban J connectivity index is 2.23. The van der Waals surface area contributed by atoms with E-state index >= 15 is 0 Å². The third kappa shape index (κ3) is 4.67. The van der Waals surface area contributed by atoms with Crippen LogP contribution in [-0.2, 0) is 4.74 Å². The van der Waals surface area contributed by atoms with E-state index < -0.39 is 17.2 Å². The third-order valence-corrected chi connectivity index (χ3v) is 4.33. The fourth-order valence-electron chi connectivity index (χ4n) is 3.12. The number of likely N-dealkylation sites (tertiary alicyclic amines) is 1. The number of carbonyl (C=O) groups is 1. The molecule has 5 nitrogen and oxygen atoms in total. The quantitative estimate of drug-likeness (QED) is 0.815. The summed E-state index contributed by atoms with van der Waals surface area (Å²) in [6.07, 6.45) is 6.89. The summed E-state index contributed by atoms with van der Waals surface area (Å²) >= 11 is 0. The molecule has 1 N–H and O–H groups in total. The van der Waals surface area contributed by atoms with Gasteiger partial charge in [-0.15, -0.1) is 6.42 Å². The van der Waals surface area contributed by atoms with E-state index in [0.29, 0.717) is 25.0 Å². The molecule has 1 heterocycles. The zero-order chi connectivity index (χ0) is 19.4. The zero-order valence-corrected chi connectivity index (χ0v) is 15.5. The molecule has 1 aliphatic rings. The van der Waals surface area contributed by atoms with E-state index in [0.717, 1.165) is 0 Å². The van der Waals surface area contributed by atoms with Crippen molar-refractivity contribution in [1.29, 1.82) is 0 Å². The number of aliphatic hydroxyl groups is 1. The summed E-state index contributed by atoms with van der Waals surface area (Å²) in [5, 5.41) is 9.34. The standard InChI is InChI=1S/C20H26FNO4/c1-5-20(14-25-17-8-6-15(21)7-9-17)12-10-16(11-13-23)22(20)18(24)26-19(2,3)4/h1,6-9,16,23H,10-14H2,2-4H3/t16-,20+/m0/s1. The highest BCUT2D eigenvalue weighted by atomic mass is 19.1. The molecule has 0 unspecified atom stereocenters. The number of amides is 1. The molecule has 1 saturated heterocycles. The molecule has 1 aromatic carbocycles. The number of benzene rings is 1. The molecule has 0 radical (unpaired) electrons. The van der Waals surface area contributed by atoms with Gasteiger partial charge in [0.25, 0.3) is 0 Å². The number of terminal acetylenes is 1. The zero-order valence-electron chi connectivity index (χ0n) is 15.5. The SMILES string of the molecule is C#C[C@]1(COc2ccc(F)cc2)CC[C@@H](CCO)N1C(=O)OC(C)(C)C. The van der Waals surface area contributed by atoms with E-state index in [1.165, 1.54) is 29.2 Å². The van der Waals surface area contributed by atoms with Crippen LogP contribution >= 0.6 is 0 Å². The second kappa shape index (κ2) is 7.96. The highest BCUT2D eigenvalue weighted by molar-refractivity contribution is 5.71. The summed E-state index contributed by atoms with van der Waals surface area (Å²) in [6, 6.07) is 5.40. The fraction of sp³-hybridized carbons (Fsp3) is 0.550. The number of aliphatic hydroxyl groups excluding tert-OH is 1. The molecule has 0 saturated carbocycles. The van der Waals surface area contributed by atoms with Crippen LogP contribution in [0, 0.1) is 18.2 Å². The first kappa shape index (κ1) is 20.1. The first-order valence-corrected chi connectivity index (χ1v) is 8.70. The molecule has 0 spiro atoms. The molecule has 1 amide bonds. The molecule has 26 heavy (non-hydrogen) atoms. The predicted molar refractivity (Wildman–Crippen MR) is 96.3 cm³/mol. The van der Waals surface area contributed by atoms with Gasteiger partial charge in [0.05, 0.1) is 0 Å². The van der Waals surface area contributed by atoms with Gasteiger partial charge in [0.1, 0.15) is 29.3 Å². The molecule has 2 atom stereocenters. The summed E-state index contributed by atoms with van der Waals surface area (Å²) in [6.45, 7) is 5.37. The van der Waals surface area contributed by atoms with Gasteiger partial charge in [0.2, 0.25) is 0 Å². The Kier molecular flexibility index (Phi) is 6.14. The van der Waals surface area contributed by atoms with Gasteiger partial charge in [-0.2, -0.15) is 0 Å². The highest BCUT2D eigenvalue weighted by Crippen LogP contribution is 2.37. The van der Waals surface area contributed by atoms with Crippen LogP contribution < -0.4 is 4.74 Å². The Labute approximate surface area is 154 Å². The first-order valence-electron chi connectivity index (χ1n) is 8.70. The van der Waals surface area contributed by atoms with Crippen LogP contribution in [-0.4, -0.2) is 46.5 Å². The third-order valence-electron chi connectivity index (χ3n) is 4.33. The summed E-state index contributed by atoms with van der Waals surface area (Å²) in [4.78, 5) is 14.3. The van der Waals surface area contributed by atoms with Crippen LogP contribution in [0.4, 0.5) is 9.18 Å². The Hall–Kier alpha value is -2.26. The molecule has 1 fully saturated rings. The normalized spacial score (nSPS) is 22.8. The van der Waals surface area contributed by atoms with Gasteiger partial charge in [-0.05, 0) is 64.3 Å². The Morgan fingerprint density at radius 3 is 2.62 bits per heavy atom. The molecule has 6 heteroatoms.